The Morgan fingerprint density at radius 3 is 1.65 bits per heavy atom. The highest BCUT2D eigenvalue weighted by Crippen LogP contribution is 2.18. The summed E-state index contributed by atoms with van der Waals surface area (Å²) in [7, 11) is 0. The predicted molar refractivity (Wildman–Crippen MR) is 149 cm³/mol. The molecule has 1 aromatic rings. The fourth-order valence-electron chi connectivity index (χ4n) is 5.02. The van der Waals surface area contributed by atoms with E-state index in [2.05, 4.69) is 31.2 Å². The molecule has 2 atom stereocenters. The lowest BCUT2D eigenvalue weighted by molar-refractivity contribution is 0.450. The van der Waals surface area contributed by atoms with Gasteiger partial charge in [-0.2, -0.15) is 0 Å². The summed E-state index contributed by atoms with van der Waals surface area (Å²) in [5, 5.41) is 0. The second-order valence-electron chi connectivity index (χ2n) is 10.6. The van der Waals surface area contributed by atoms with Crippen LogP contribution in [0.25, 0.3) is 0 Å². The third-order valence-corrected chi connectivity index (χ3v) is 7.27. The zero-order valence-corrected chi connectivity index (χ0v) is 22.6. The van der Waals surface area contributed by atoms with E-state index in [1.807, 2.05) is 0 Å². The molecule has 0 aliphatic heterocycles. The molecule has 0 saturated heterocycles. The van der Waals surface area contributed by atoms with Crippen LogP contribution in [-0.2, 0) is 12.8 Å². The van der Waals surface area contributed by atoms with Gasteiger partial charge in [0.15, 0.2) is 0 Å². The van der Waals surface area contributed by atoms with Gasteiger partial charge in [-0.15, -0.1) is 0 Å². The van der Waals surface area contributed by atoms with E-state index in [1.54, 1.807) is 0 Å². The van der Waals surface area contributed by atoms with Gasteiger partial charge in [-0.05, 0) is 56.1 Å². The lowest BCUT2D eigenvalue weighted by atomic mass is 9.93. The molecule has 0 amide bonds. The molecule has 34 heavy (non-hydrogen) atoms. The van der Waals surface area contributed by atoms with E-state index >= 15 is 0 Å². The van der Waals surface area contributed by atoms with Gasteiger partial charge in [-0.3, -0.25) is 4.39 Å². The molecule has 198 valence electrons. The lowest BCUT2D eigenvalue weighted by Crippen LogP contribution is -2.31. The number of rotatable bonds is 24. The van der Waals surface area contributed by atoms with Gasteiger partial charge in [0.1, 0.15) is 0 Å². The summed E-state index contributed by atoms with van der Waals surface area (Å²) in [4.78, 5) is 0. The second-order valence-corrected chi connectivity index (χ2v) is 10.6. The number of aryl methyl sites for hydroxylation is 2. The SMILES string of the molecule is CCCCCCCCCCCCC(N)CC(N)CCc1ccccc1CCCCCCCCF. The molecular weight excluding hydrogens is 419 g/mol. The van der Waals surface area contributed by atoms with Crippen molar-refractivity contribution in [3.05, 3.63) is 35.4 Å². The Bertz CT molecular complexity index is 562. The number of unbranched alkanes of at least 4 members (excludes halogenated alkanes) is 14. The van der Waals surface area contributed by atoms with Gasteiger partial charge < -0.3 is 11.5 Å². The van der Waals surface area contributed by atoms with Gasteiger partial charge in [-0.1, -0.05) is 121 Å². The van der Waals surface area contributed by atoms with Crippen LogP contribution in [0.4, 0.5) is 4.39 Å². The minimum atomic E-state index is -0.167. The van der Waals surface area contributed by atoms with Crippen molar-refractivity contribution in [2.24, 2.45) is 11.5 Å². The molecule has 2 unspecified atom stereocenters. The van der Waals surface area contributed by atoms with E-state index < -0.39 is 0 Å². The molecule has 0 aliphatic carbocycles. The maximum Gasteiger partial charge on any atom is 0.0894 e. The smallest absolute Gasteiger partial charge is 0.0894 e. The fourth-order valence-corrected chi connectivity index (χ4v) is 5.02. The molecule has 3 heteroatoms. The Morgan fingerprint density at radius 1 is 0.588 bits per heavy atom. The molecule has 0 fully saturated rings. The van der Waals surface area contributed by atoms with Crippen LogP contribution >= 0.6 is 0 Å². The van der Waals surface area contributed by atoms with Gasteiger partial charge in [0.05, 0.1) is 6.67 Å². The summed E-state index contributed by atoms with van der Waals surface area (Å²) < 4.78 is 12.2. The summed E-state index contributed by atoms with van der Waals surface area (Å²) in [6, 6.07) is 9.30. The first-order chi connectivity index (χ1) is 16.7. The molecule has 0 heterocycles. The number of alkyl halides is 1. The minimum Gasteiger partial charge on any atom is -0.328 e. The summed E-state index contributed by atoms with van der Waals surface area (Å²) in [6.45, 7) is 2.11. The number of hydrogen-bond acceptors (Lipinski definition) is 2. The molecule has 0 aromatic heterocycles. The van der Waals surface area contributed by atoms with Crippen LogP contribution in [0, 0.1) is 0 Å². The first-order valence-corrected chi connectivity index (χ1v) is 14.8. The van der Waals surface area contributed by atoms with Crippen molar-refractivity contribution in [2.75, 3.05) is 6.67 Å². The minimum absolute atomic E-state index is 0.167. The maximum absolute atomic E-state index is 12.2. The number of hydrogen-bond donors (Lipinski definition) is 2. The zero-order chi connectivity index (χ0) is 24.7. The van der Waals surface area contributed by atoms with Crippen LogP contribution in [0.2, 0.25) is 0 Å². The van der Waals surface area contributed by atoms with Crippen LogP contribution in [0.3, 0.4) is 0 Å². The molecule has 1 aromatic carbocycles. The Labute approximate surface area is 211 Å². The maximum atomic E-state index is 12.2. The van der Waals surface area contributed by atoms with Gasteiger partial charge in [0, 0.05) is 12.1 Å². The van der Waals surface area contributed by atoms with Crippen molar-refractivity contribution in [1.29, 1.82) is 0 Å². The Hall–Kier alpha value is -0.930. The summed E-state index contributed by atoms with van der Waals surface area (Å²) in [6.07, 6.45) is 25.6. The molecule has 4 N–H and O–H groups in total. The van der Waals surface area contributed by atoms with Crippen molar-refractivity contribution in [2.45, 2.75) is 154 Å². The molecule has 0 spiro atoms. The lowest BCUT2D eigenvalue weighted by Gasteiger charge is -2.18. The first kappa shape index (κ1) is 31.1. The first-order valence-electron chi connectivity index (χ1n) is 14.8. The van der Waals surface area contributed by atoms with E-state index in [4.69, 9.17) is 11.5 Å². The van der Waals surface area contributed by atoms with Gasteiger partial charge in [-0.25, -0.2) is 0 Å². The van der Waals surface area contributed by atoms with Crippen molar-refractivity contribution < 1.29 is 4.39 Å². The highest BCUT2D eigenvalue weighted by molar-refractivity contribution is 5.27. The van der Waals surface area contributed by atoms with Crippen LogP contribution in [0.15, 0.2) is 24.3 Å². The largest absolute Gasteiger partial charge is 0.328 e. The van der Waals surface area contributed by atoms with Gasteiger partial charge in [0.2, 0.25) is 0 Å². The third kappa shape index (κ3) is 17.5. The van der Waals surface area contributed by atoms with Crippen LogP contribution < -0.4 is 11.5 Å². The van der Waals surface area contributed by atoms with Crippen molar-refractivity contribution >= 4 is 0 Å². The Morgan fingerprint density at radius 2 is 1.06 bits per heavy atom. The Kier molecular flexibility index (Phi) is 20.6. The topological polar surface area (TPSA) is 52.0 Å². The summed E-state index contributed by atoms with van der Waals surface area (Å²) in [5.74, 6) is 0. The average molecular weight is 477 g/mol. The molecule has 1 rings (SSSR count). The van der Waals surface area contributed by atoms with Gasteiger partial charge >= 0.3 is 0 Å². The third-order valence-electron chi connectivity index (χ3n) is 7.27. The van der Waals surface area contributed by atoms with E-state index in [-0.39, 0.29) is 18.8 Å². The van der Waals surface area contributed by atoms with Gasteiger partial charge in [0.25, 0.3) is 0 Å². The molecule has 0 aliphatic rings. The molecule has 0 bridgehead atoms. The normalized spacial score (nSPS) is 13.3. The van der Waals surface area contributed by atoms with Crippen LogP contribution in [0.1, 0.15) is 140 Å². The van der Waals surface area contributed by atoms with Crippen LogP contribution in [0.5, 0.6) is 0 Å². The van der Waals surface area contributed by atoms with E-state index in [9.17, 15) is 4.39 Å². The monoisotopic (exact) mass is 476 g/mol. The second kappa shape index (κ2) is 22.5. The van der Waals surface area contributed by atoms with E-state index in [1.165, 1.54) is 101 Å². The number of benzene rings is 1. The average Bonchev–Trinajstić information content (AvgIpc) is 2.84. The quantitative estimate of drug-likeness (QED) is 0.146. The zero-order valence-electron chi connectivity index (χ0n) is 22.6. The number of nitrogens with two attached hydrogens (primary N) is 2. The van der Waals surface area contributed by atoms with Crippen molar-refractivity contribution in [3.8, 4) is 0 Å². The summed E-state index contributed by atoms with van der Waals surface area (Å²) >= 11 is 0. The van der Waals surface area contributed by atoms with E-state index in [0.717, 1.165) is 44.9 Å². The van der Waals surface area contributed by atoms with Crippen LogP contribution in [-0.4, -0.2) is 18.8 Å². The molecular formula is C31H57FN2. The van der Waals surface area contributed by atoms with E-state index in [0.29, 0.717) is 0 Å². The highest BCUT2D eigenvalue weighted by Gasteiger charge is 2.11. The Balaban J connectivity index is 2.11. The fraction of sp³-hybridized carbons (Fsp3) is 0.806. The summed E-state index contributed by atoms with van der Waals surface area (Å²) in [5.41, 5.74) is 15.8. The standard InChI is InChI=1S/C31H57FN2/c1-2-3-4-5-6-7-8-9-13-16-23-30(33)27-31(34)25-24-29-22-18-17-21-28(29)20-15-12-10-11-14-19-26-32/h17-18,21-22,30-31H,2-16,19-20,23-27,33-34H2,1H3. The highest BCUT2D eigenvalue weighted by atomic mass is 19.1. The molecule has 0 saturated carbocycles. The predicted octanol–water partition coefficient (Wildman–Crippen LogP) is 8.83. The molecule has 2 nitrogen and oxygen atoms in total. The van der Waals surface area contributed by atoms with Crippen molar-refractivity contribution in [1.82, 2.24) is 0 Å². The number of halogens is 1. The molecule has 0 radical (unpaired) electrons. The van der Waals surface area contributed by atoms with Crippen molar-refractivity contribution in [3.63, 3.8) is 0 Å².